The lowest BCUT2D eigenvalue weighted by atomic mass is 10.2. The summed E-state index contributed by atoms with van der Waals surface area (Å²) in [5, 5.41) is 2.47. The van der Waals surface area contributed by atoms with E-state index >= 15 is 0 Å². The molecule has 0 bridgehead atoms. The van der Waals surface area contributed by atoms with Gasteiger partial charge in [-0.05, 0) is 26.0 Å². The molecule has 2 rings (SSSR count). The summed E-state index contributed by atoms with van der Waals surface area (Å²) in [7, 11) is -3.76. The third-order valence-corrected chi connectivity index (χ3v) is 4.86. The molecule has 1 heterocycles. The van der Waals surface area contributed by atoms with Gasteiger partial charge < -0.3 is 0 Å². The third-order valence-electron chi connectivity index (χ3n) is 2.63. The zero-order valence-corrected chi connectivity index (χ0v) is 13.2. The van der Waals surface area contributed by atoms with Crippen LogP contribution in [0.2, 0.25) is 0 Å². The minimum atomic E-state index is -3.76. The van der Waals surface area contributed by atoms with Crippen LogP contribution >= 0.6 is 11.3 Å². The van der Waals surface area contributed by atoms with Crippen LogP contribution in [-0.4, -0.2) is 19.3 Å². The molecule has 0 fully saturated rings. The van der Waals surface area contributed by atoms with Crippen molar-refractivity contribution in [2.45, 2.75) is 25.2 Å². The number of hydrogen-bond acceptors (Lipinski definition) is 5. The summed E-state index contributed by atoms with van der Waals surface area (Å²) < 4.78 is 23.9. The molecule has 112 valence electrons. The van der Waals surface area contributed by atoms with Gasteiger partial charge in [0.1, 0.15) is 5.01 Å². The number of aryl methyl sites for hydroxylation is 2. The number of hydrogen-bond donors (Lipinski definition) is 2. The van der Waals surface area contributed by atoms with Crippen LogP contribution < -0.4 is 10.3 Å². The average Bonchev–Trinajstić information content (AvgIpc) is 2.82. The Hall–Kier alpha value is -1.77. The van der Waals surface area contributed by atoms with Gasteiger partial charge in [-0.15, -0.1) is 16.2 Å². The van der Waals surface area contributed by atoms with E-state index in [0.717, 1.165) is 11.3 Å². The number of thiazole rings is 1. The van der Waals surface area contributed by atoms with Gasteiger partial charge >= 0.3 is 0 Å². The van der Waals surface area contributed by atoms with Gasteiger partial charge in [0.25, 0.3) is 10.0 Å². The Bertz CT molecular complexity index is 736. The molecule has 1 aromatic heterocycles. The topological polar surface area (TPSA) is 88.2 Å². The Balaban J connectivity index is 1.95. The summed E-state index contributed by atoms with van der Waals surface area (Å²) in [6, 6.07) is 6.34. The lowest BCUT2D eigenvalue weighted by molar-refractivity contribution is -0.120. The van der Waals surface area contributed by atoms with Crippen molar-refractivity contribution in [3.8, 4) is 0 Å². The van der Waals surface area contributed by atoms with Gasteiger partial charge in [0.2, 0.25) is 5.91 Å². The highest BCUT2D eigenvalue weighted by atomic mass is 32.2. The lowest BCUT2D eigenvalue weighted by Crippen LogP contribution is -2.42. The molecule has 2 aromatic rings. The van der Waals surface area contributed by atoms with E-state index in [4.69, 9.17) is 0 Å². The third kappa shape index (κ3) is 4.35. The fraction of sp³-hybridized carbons (Fsp3) is 0.231. The summed E-state index contributed by atoms with van der Waals surface area (Å²) in [6.45, 7) is 3.69. The Labute approximate surface area is 127 Å². The van der Waals surface area contributed by atoms with Gasteiger partial charge in [0, 0.05) is 11.1 Å². The van der Waals surface area contributed by atoms with Crippen molar-refractivity contribution in [3.05, 3.63) is 45.9 Å². The van der Waals surface area contributed by atoms with Gasteiger partial charge in [-0.1, -0.05) is 17.7 Å². The number of benzene rings is 1. The number of aromatic nitrogens is 1. The number of carbonyl (C=O) groups excluding carboxylic acids is 1. The van der Waals surface area contributed by atoms with Crippen LogP contribution in [0.15, 0.2) is 34.5 Å². The monoisotopic (exact) mass is 325 g/mol. The first kappa shape index (κ1) is 15.6. The second-order valence-corrected chi connectivity index (χ2v) is 7.15. The molecule has 0 atom stereocenters. The van der Waals surface area contributed by atoms with E-state index in [2.05, 4.69) is 15.2 Å². The number of rotatable bonds is 5. The first-order valence-corrected chi connectivity index (χ1v) is 8.51. The van der Waals surface area contributed by atoms with Gasteiger partial charge in [-0.25, -0.2) is 13.4 Å². The molecule has 1 amide bonds. The summed E-state index contributed by atoms with van der Waals surface area (Å²) in [6.07, 6.45) is 0.0366. The maximum atomic E-state index is 12.0. The molecule has 0 unspecified atom stereocenters. The van der Waals surface area contributed by atoms with E-state index in [0.29, 0.717) is 5.01 Å². The van der Waals surface area contributed by atoms with E-state index < -0.39 is 15.9 Å². The second kappa shape index (κ2) is 6.33. The number of sulfonamides is 1. The molecular weight excluding hydrogens is 310 g/mol. The van der Waals surface area contributed by atoms with Crippen LogP contribution in [0.25, 0.3) is 0 Å². The predicted molar refractivity (Wildman–Crippen MR) is 80.2 cm³/mol. The normalized spacial score (nSPS) is 11.3. The molecule has 0 saturated carbocycles. The Morgan fingerprint density at radius 1 is 1.24 bits per heavy atom. The van der Waals surface area contributed by atoms with Crippen molar-refractivity contribution < 1.29 is 13.2 Å². The van der Waals surface area contributed by atoms with E-state index in [1.54, 1.807) is 12.1 Å². The zero-order chi connectivity index (χ0) is 15.5. The molecule has 6 nitrogen and oxygen atoms in total. The minimum Gasteiger partial charge on any atom is -0.277 e. The first-order valence-electron chi connectivity index (χ1n) is 6.15. The molecule has 0 spiro atoms. The SMILES string of the molecule is Cc1ccc(S(=O)(=O)NNC(=O)Cc2nc(C)cs2)cc1. The predicted octanol–water partition coefficient (Wildman–Crippen LogP) is 1.31. The van der Waals surface area contributed by atoms with Crippen LogP contribution in [0.1, 0.15) is 16.3 Å². The van der Waals surface area contributed by atoms with E-state index in [1.807, 2.05) is 19.2 Å². The van der Waals surface area contributed by atoms with E-state index in [-0.39, 0.29) is 11.3 Å². The maximum absolute atomic E-state index is 12.0. The molecule has 8 heteroatoms. The van der Waals surface area contributed by atoms with Gasteiger partial charge in [0.05, 0.1) is 11.3 Å². The second-order valence-electron chi connectivity index (χ2n) is 4.53. The number of nitrogens with zero attached hydrogens (tertiary/aromatic N) is 1. The van der Waals surface area contributed by atoms with Crippen molar-refractivity contribution >= 4 is 27.3 Å². The summed E-state index contributed by atoms with van der Waals surface area (Å²) >= 11 is 1.36. The van der Waals surface area contributed by atoms with Crippen molar-refractivity contribution in [1.29, 1.82) is 0 Å². The van der Waals surface area contributed by atoms with Crippen LogP contribution in [-0.2, 0) is 21.2 Å². The highest BCUT2D eigenvalue weighted by Gasteiger charge is 2.15. The standard InChI is InChI=1S/C13H15N3O3S2/c1-9-3-5-11(6-4-9)21(18,19)16-15-12(17)7-13-14-10(2)8-20-13/h3-6,8,16H,7H2,1-2H3,(H,15,17). The summed E-state index contributed by atoms with van der Waals surface area (Å²) in [5.74, 6) is -0.458. The van der Waals surface area contributed by atoms with Gasteiger partial charge in [-0.2, -0.15) is 0 Å². The largest absolute Gasteiger partial charge is 0.277 e. The van der Waals surface area contributed by atoms with Crippen LogP contribution in [0.3, 0.4) is 0 Å². The van der Waals surface area contributed by atoms with Crippen molar-refractivity contribution in [2.75, 3.05) is 0 Å². The molecule has 1 aromatic carbocycles. The number of hydrazine groups is 1. The molecule has 0 saturated heterocycles. The average molecular weight is 325 g/mol. The zero-order valence-electron chi connectivity index (χ0n) is 11.6. The van der Waals surface area contributed by atoms with Crippen LogP contribution in [0.4, 0.5) is 0 Å². The Morgan fingerprint density at radius 2 is 1.90 bits per heavy atom. The van der Waals surface area contributed by atoms with E-state index in [1.165, 1.54) is 23.5 Å². The highest BCUT2D eigenvalue weighted by Crippen LogP contribution is 2.10. The fourth-order valence-electron chi connectivity index (χ4n) is 1.57. The van der Waals surface area contributed by atoms with E-state index in [9.17, 15) is 13.2 Å². The number of nitrogens with one attached hydrogen (secondary N) is 2. The molecular formula is C13H15N3O3S2. The Kier molecular flexibility index (Phi) is 4.71. The molecule has 21 heavy (non-hydrogen) atoms. The quantitative estimate of drug-likeness (QED) is 0.811. The van der Waals surface area contributed by atoms with Crippen molar-refractivity contribution in [1.82, 2.24) is 15.2 Å². The van der Waals surface area contributed by atoms with Gasteiger partial charge in [0.15, 0.2) is 0 Å². The maximum Gasteiger partial charge on any atom is 0.257 e. The Morgan fingerprint density at radius 3 is 2.48 bits per heavy atom. The molecule has 0 aliphatic heterocycles. The fourth-order valence-corrected chi connectivity index (χ4v) is 3.20. The number of amides is 1. The highest BCUT2D eigenvalue weighted by molar-refractivity contribution is 7.89. The van der Waals surface area contributed by atoms with Crippen molar-refractivity contribution in [3.63, 3.8) is 0 Å². The number of carbonyl (C=O) groups is 1. The smallest absolute Gasteiger partial charge is 0.257 e. The van der Waals surface area contributed by atoms with Gasteiger partial charge in [-0.3, -0.25) is 10.2 Å². The van der Waals surface area contributed by atoms with Crippen molar-refractivity contribution in [2.24, 2.45) is 0 Å². The minimum absolute atomic E-state index is 0.0366. The lowest BCUT2D eigenvalue weighted by Gasteiger charge is -2.08. The first-order chi connectivity index (χ1) is 9.87. The van der Waals surface area contributed by atoms with Crippen LogP contribution in [0.5, 0.6) is 0 Å². The molecule has 0 aliphatic carbocycles. The van der Waals surface area contributed by atoms with Crippen LogP contribution in [0, 0.1) is 13.8 Å². The molecule has 0 aliphatic rings. The summed E-state index contributed by atoms with van der Waals surface area (Å²) in [4.78, 5) is 18.0. The molecule has 2 N–H and O–H groups in total. The molecule has 0 radical (unpaired) electrons. The summed E-state index contributed by atoms with van der Waals surface area (Å²) in [5.41, 5.74) is 3.98.